The molecule has 1 amide bonds. The van der Waals surface area contributed by atoms with Gasteiger partial charge in [0.15, 0.2) is 0 Å². The van der Waals surface area contributed by atoms with Gasteiger partial charge in [-0.05, 0) is 36.2 Å². The van der Waals surface area contributed by atoms with Crippen LogP contribution in [0.15, 0.2) is 47.1 Å². The molecule has 3 rings (SSSR count). The van der Waals surface area contributed by atoms with E-state index >= 15 is 0 Å². The van der Waals surface area contributed by atoms with E-state index in [2.05, 4.69) is 0 Å². The van der Waals surface area contributed by atoms with Gasteiger partial charge in [0.25, 0.3) is 0 Å². The molecule has 4 nitrogen and oxygen atoms in total. The fourth-order valence-electron chi connectivity index (χ4n) is 2.57. The highest BCUT2D eigenvalue weighted by Crippen LogP contribution is 2.48. The van der Waals surface area contributed by atoms with Gasteiger partial charge in [0.1, 0.15) is 11.5 Å². The third-order valence-corrected chi connectivity index (χ3v) is 3.72. The van der Waals surface area contributed by atoms with Gasteiger partial charge in [0.2, 0.25) is 5.91 Å². The quantitative estimate of drug-likeness (QED) is 0.930. The van der Waals surface area contributed by atoms with E-state index in [-0.39, 0.29) is 23.5 Å². The van der Waals surface area contributed by atoms with Crippen molar-refractivity contribution in [1.29, 1.82) is 0 Å². The van der Waals surface area contributed by atoms with Crippen LogP contribution in [0.4, 0.5) is 0 Å². The molecule has 1 N–H and O–H groups in total. The molecule has 20 heavy (non-hydrogen) atoms. The summed E-state index contributed by atoms with van der Waals surface area (Å²) < 4.78 is 5.35. The van der Waals surface area contributed by atoms with Crippen LogP contribution in [0, 0.1) is 5.92 Å². The molecule has 1 aliphatic rings. The summed E-state index contributed by atoms with van der Waals surface area (Å²) in [6.07, 6.45) is 2.50. The maximum atomic E-state index is 12.3. The minimum absolute atomic E-state index is 0.0310. The fourth-order valence-corrected chi connectivity index (χ4v) is 2.57. The minimum Gasteiger partial charge on any atom is -0.508 e. The van der Waals surface area contributed by atoms with Gasteiger partial charge in [-0.2, -0.15) is 0 Å². The zero-order chi connectivity index (χ0) is 14.1. The molecule has 0 spiro atoms. The smallest absolute Gasteiger partial charge is 0.226 e. The average molecular weight is 271 g/mol. The van der Waals surface area contributed by atoms with Crippen molar-refractivity contribution in [3.8, 4) is 5.75 Å². The molecule has 0 unspecified atom stereocenters. The van der Waals surface area contributed by atoms with Gasteiger partial charge in [-0.3, -0.25) is 4.79 Å². The molecule has 0 bridgehead atoms. The van der Waals surface area contributed by atoms with Crippen LogP contribution < -0.4 is 0 Å². The molecule has 1 heterocycles. The molecule has 1 saturated carbocycles. The van der Waals surface area contributed by atoms with Crippen molar-refractivity contribution in [2.45, 2.75) is 18.9 Å². The Hall–Kier alpha value is -2.23. The lowest BCUT2D eigenvalue weighted by Gasteiger charge is -2.17. The number of phenols is 1. The van der Waals surface area contributed by atoms with Gasteiger partial charge in [-0.15, -0.1) is 0 Å². The van der Waals surface area contributed by atoms with Gasteiger partial charge >= 0.3 is 0 Å². The largest absolute Gasteiger partial charge is 0.508 e. The second-order valence-electron chi connectivity index (χ2n) is 5.33. The molecule has 1 fully saturated rings. The number of rotatable bonds is 4. The van der Waals surface area contributed by atoms with Crippen molar-refractivity contribution in [1.82, 2.24) is 4.90 Å². The monoisotopic (exact) mass is 271 g/mol. The molecule has 2 aromatic rings. The minimum atomic E-state index is 0.0310. The summed E-state index contributed by atoms with van der Waals surface area (Å²) in [5.41, 5.74) is 0.927. The predicted molar refractivity (Wildman–Crippen MR) is 74.1 cm³/mol. The van der Waals surface area contributed by atoms with Gasteiger partial charge in [0, 0.05) is 25.4 Å². The Morgan fingerprint density at radius 2 is 2.25 bits per heavy atom. The van der Waals surface area contributed by atoms with E-state index in [1.807, 2.05) is 18.2 Å². The Bertz CT molecular complexity index is 606. The van der Waals surface area contributed by atoms with Gasteiger partial charge in [0.05, 0.1) is 6.26 Å². The molecule has 0 aliphatic heterocycles. The van der Waals surface area contributed by atoms with Gasteiger partial charge < -0.3 is 14.4 Å². The third-order valence-electron chi connectivity index (χ3n) is 3.72. The normalized spacial score (nSPS) is 20.6. The standard InChI is InChI=1S/C16H17NO3/c1-17(10-11-4-2-5-12(18)8-11)16(19)14-9-13(14)15-6-3-7-20-15/h2-8,13-14,18H,9-10H2,1H3/t13-,14+/m1/s1. The number of hydrogen-bond donors (Lipinski definition) is 1. The Labute approximate surface area is 117 Å². The molecule has 104 valence electrons. The third kappa shape index (κ3) is 2.54. The second kappa shape index (κ2) is 5.04. The average Bonchev–Trinajstić information content (AvgIpc) is 3.03. The van der Waals surface area contributed by atoms with E-state index < -0.39 is 0 Å². The van der Waals surface area contributed by atoms with E-state index in [4.69, 9.17) is 4.42 Å². The van der Waals surface area contributed by atoms with Crippen molar-refractivity contribution < 1.29 is 14.3 Å². The SMILES string of the molecule is CN(Cc1cccc(O)c1)C(=O)[C@H]1C[C@H]1c1ccco1. The van der Waals surface area contributed by atoms with Crippen LogP contribution in [-0.4, -0.2) is 23.0 Å². The molecule has 1 aromatic heterocycles. The summed E-state index contributed by atoms with van der Waals surface area (Å²) in [6, 6.07) is 10.8. The van der Waals surface area contributed by atoms with Crippen molar-refractivity contribution in [2.75, 3.05) is 7.05 Å². The Morgan fingerprint density at radius 1 is 1.40 bits per heavy atom. The van der Waals surface area contributed by atoms with Crippen molar-refractivity contribution in [3.05, 3.63) is 54.0 Å². The molecular weight excluding hydrogens is 254 g/mol. The summed E-state index contributed by atoms with van der Waals surface area (Å²) >= 11 is 0. The Balaban J connectivity index is 1.61. The molecule has 1 aromatic carbocycles. The van der Waals surface area contributed by atoms with Crippen LogP contribution in [0.5, 0.6) is 5.75 Å². The number of benzene rings is 1. The first-order chi connectivity index (χ1) is 9.65. The van der Waals surface area contributed by atoms with E-state index in [0.717, 1.165) is 17.7 Å². The summed E-state index contributed by atoms with van der Waals surface area (Å²) in [6.45, 7) is 0.509. The number of carbonyl (C=O) groups excluding carboxylic acids is 1. The molecule has 2 atom stereocenters. The van der Waals surface area contributed by atoms with E-state index in [1.54, 1.807) is 36.4 Å². The Kier molecular flexibility index (Phi) is 3.22. The van der Waals surface area contributed by atoms with Crippen molar-refractivity contribution >= 4 is 5.91 Å². The lowest BCUT2D eigenvalue weighted by molar-refractivity contribution is -0.131. The van der Waals surface area contributed by atoms with Gasteiger partial charge in [-0.25, -0.2) is 0 Å². The summed E-state index contributed by atoms with van der Waals surface area (Å²) in [7, 11) is 1.80. The van der Waals surface area contributed by atoms with E-state index in [0.29, 0.717) is 6.54 Å². The lowest BCUT2D eigenvalue weighted by Crippen LogP contribution is -2.28. The summed E-state index contributed by atoms with van der Waals surface area (Å²) in [4.78, 5) is 14.0. The first kappa shape index (κ1) is 12.8. The molecule has 4 heteroatoms. The first-order valence-corrected chi connectivity index (χ1v) is 6.71. The highest BCUT2D eigenvalue weighted by molar-refractivity contribution is 5.82. The topological polar surface area (TPSA) is 53.7 Å². The maximum Gasteiger partial charge on any atom is 0.226 e. The molecule has 0 radical (unpaired) electrons. The van der Waals surface area contributed by atoms with Crippen LogP contribution in [0.1, 0.15) is 23.7 Å². The highest BCUT2D eigenvalue weighted by atomic mass is 16.3. The van der Waals surface area contributed by atoms with Crippen LogP contribution >= 0.6 is 0 Å². The number of aromatic hydroxyl groups is 1. The maximum absolute atomic E-state index is 12.3. The second-order valence-corrected chi connectivity index (χ2v) is 5.33. The number of furan rings is 1. The predicted octanol–water partition coefficient (Wildman–Crippen LogP) is 2.75. The van der Waals surface area contributed by atoms with Gasteiger partial charge in [-0.1, -0.05) is 12.1 Å². The lowest BCUT2D eigenvalue weighted by atomic mass is 10.2. The molecule has 1 aliphatic carbocycles. The fraction of sp³-hybridized carbons (Fsp3) is 0.312. The highest BCUT2D eigenvalue weighted by Gasteiger charge is 2.46. The van der Waals surface area contributed by atoms with Crippen LogP contribution in [0.2, 0.25) is 0 Å². The summed E-state index contributed by atoms with van der Waals surface area (Å²) in [5.74, 6) is 1.51. The number of phenolic OH excluding ortho intramolecular Hbond substituents is 1. The number of carbonyl (C=O) groups is 1. The zero-order valence-corrected chi connectivity index (χ0v) is 11.3. The molecular formula is C16H17NO3. The molecule has 0 saturated heterocycles. The van der Waals surface area contributed by atoms with E-state index in [1.165, 1.54) is 0 Å². The zero-order valence-electron chi connectivity index (χ0n) is 11.3. The van der Waals surface area contributed by atoms with Crippen LogP contribution in [0.25, 0.3) is 0 Å². The van der Waals surface area contributed by atoms with Crippen LogP contribution in [-0.2, 0) is 11.3 Å². The first-order valence-electron chi connectivity index (χ1n) is 6.71. The van der Waals surface area contributed by atoms with Crippen molar-refractivity contribution in [3.63, 3.8) is 0 Å². The number of hydrogen-bond acceptors (Lipinski definition) is 3. The number of amides is 1. The number of nitrogens with zero attached hydrogens (tertiary/aromatic N) is 1. The summed E-state index contributed by atoms with van der Waals surface area (Å²) in [5, 5.41) is 9.44. The Morgan fingerprint density at radius 3 is 2.95 bits per heavy atom. The van der Waals surface area contributed by atoms with Crippen molar-refractivity contribution in [2.24, 2.45) is 5.92 Å². The van der Waals surface area contributed by atoms with E-state index in [9.17, 15) is 9.90 Å². The van der Waals surface area contributed by atoms with Crippen LogP contribution in [0.3, 0.4) is 0 Å².